The second-order valence-electron chi connectivity index (χ2n) is 4.31. The van der Waals surface area contributed by atoms with Crippen molar-refractivity contribution in [1.29, 1.82) is 0 Å². The Morgan fingerprint density at radius 3 is 2.60 bits per heavy atom. The second kappa shape index (κ2) is 3.89. The molecule has 0 radical (unpaired) electrons. The van der Waals surface area contributed by atoms with Gasteiger partial charge in [-0.25, -0.2) is 8.78 Å². The molecule has 3 unspecified atom stereocenters. The molecule has 0 bridgehead atoms. The Hall–Kier alpha value is -0.960. The fraction of sp³-hybridized carbons (Fsp3) is 0.500. The molecule has 2 rings (SSSR count). The molecule has 0 saturated heterocycles. The van der Waals surface area contributed by atoms with Crippen molar-refractivity contribution in [3.63, 3.8) is 0 Å². The lowest BCUT2D eigenvalue weighted by Gasteiger charge is -2.17. The van der Waals surface area contributed by atoms with Crippen LogP contribution < -0.4 is 5.32 Å². The largest absolute Gasteiger partial charge is 0.313 e. The Bertz CT molecular complexity index is 365. The van der Waals surface area contributed by atoms with Gasteiger partial charge < -0.3 is 5.32 Å². The zero-order valence-corrected chi connectivity index (χ0v) is 8.93. The second-order valence-corrected chi connectivity index (χ2v) is 4.31. The van der Waals surface area contributed by atoms with Crippen molar-refractivity contribution in [2.45, 2.75) is 19.4 Å². The average molecular weight is 211 g/mol. The quantitative estimate of drug-likeness (QED) is 0.810. The summed E-state index contributed by atoms with van der Waals surface area (Å²) in [6.45, 7) is 2.13. The first-order valence-electron chi connectivity index (χ1n) is 5.25. The van der Waals surface area contributed by atoms with Gasteiger partial charge in [-0.3, -0.25) is 0 Å². The van der Waals surface area contributed by atoms with E-state index in [1.54, 1.807) is 7.05 Å². The van der Waals surface area contributed by atoms with Gasteiger partial charge >= 0.3 is 0 Å². The molecule has 1 aliphatic carbocycles. The van der Waals surface area contributed by atoms with Gasteiger partial charge in [-0.1, -0.05) is 6.92 Å². The highest BCUT2D eigenvalue weighted by Gasteiger charge is 2.40. The summed E-state index contributed by atoms with van der Waals surface area (Å²) in [5.41, 5.74) is 0.451. The topological polar surface area (TPSA) is 12.0 Å². The molecule has 1 saturated carbocycles. The van der Waals surface area contributed by atoms with Gasteiger partial charge in [0.1, 0.15) is 11.6 Å². The van der Waals surface area contributed by atoms with Crippen LogP contribution in [0.15, 0.2) is 18.2 Å². The molecule has 0 aromatic heterocycles. The van der Waals surface area contributed by atoms with Crippen molar-refractivity contribution in [3.8, 4) is 0 Å². The van der Waals surface area contributed by atoms with Crippen LogP contribution in [0.25, 0.3) is 0 Å². The average Bonchev–Trinajstić information content (AvgIpc) is 2.90. The first-order valence-corrected chi connectivity index (χ1v) is 5.25. The van der Waals surface area contributed by atoms with Crippen LogP contribution >= 0.6 is 0 Å². The Kier molecular flexibility index (Phi) is 2.74. The summed E-state index contributed by atoms with van der Waals surface area (Å²) < 4.78 is 26.5. The van der Waals surface area contributed by atoms with Crippen molar-refractivity contribution in [2.75, 3.05) is 7.05 Å². The maximum atomic E-state index is 13.5. The molecule has 1 aromatic rings. The first-order chi connectivity index (χ1) is 7.13. The predicted octanol–water partition coefficient (Wildman–Crippen LogP) is 2.88. The minimum Gasteiger partial charge on any atom is -0.313 e. The Balaban J connectivity index is 2.29. The lowest BCUT2D eigenvalue weighted by Crippen LogP contribution is -2.20. The van der Waals surface area contributed by atoms with Gasteiger partial charge in [0.25, 0.3) is 0 Å². The monoisotopic (exact) mass is 211 g/mol. The number of nitrogens with one attached hydrogen (secondary N) is 1. The van der Waals surface area contributed by atoms with E-state index in [0.717, 1.165) is 12.5 Å². The van der Waals surface area contributed by atoms with Crippen LogP contribution in [-0.2, 0) is 0 Å². The van der Waals surface area contributed by atoms with Crippen LogP contribution in [0.2, 0.25) is 0 Å². The lowest BCUT2D eigenvalue weighted by molar-refractivity contribution is 0.469. The predicted molar refractivity (Wildman–Crippen MR) is 55.4 cm³/mol. The fourth-order valence-corrected chi connectivity index (χ4v) is 2.17. The number of halogens is 2. The van der Waals surface area contributed by atoms with E-state index >= 15 is 0 Å². The van der Waals surface area contributed by atoms with Crippen LogP contribution in [-0.4, -0.2) is 7.05 Å². The summed E-state index contributed by atoms with van der Waals surface area (Å²) >= 11 is 0. The van der Waals surface area contributed by atoms with Gasteiger partial charge in [0.05, 0.1) is 0 Å². The molecule has 1 aliphatic rings. The number of hydrogen-bond acceptors (Lipinski definition) is 1. The van der Waals surface area contributed by atoms with Gasteiger partial charge in [0, 0.05) is 11.6 Å². The van der Waals surface area contributed by atoms with Crippen LogP contribution in [0.3, 0.4) is 0 Å². The molecule has 15 heavy (non-hydrogen) atoms. The van der Waals surface area contributed by atoms with Gasteiger partial charge in [-0.05, 0) is 43.5 Å². The van der Waals surface area contributed by atoms with Crippen molar-refractivity contribution >= 4 is 0 Å². The molecule has 1 aromatic carbocycles. The zero-order chi connectivity index (χ0) is 11.0. The molecule has 1 fully saturated rings. The Morgan fingerprint density at radius 1 is 1.40 bits per heavy atom. The van der Waals surface area contributed by atoms with Crippen molar-refractivity contribution in [3.05, 3.63) is 35.4 Å². The highest BCUT2D eigenvalue weighted by atomic mass is 19.1. The molecular formula is C12H15F2N. The molecule has 0 heterocycles. The fourth-order valence-electron chi connectivity index (χ4n) is 2.17. The van der Waals surface area contributed by atoms with Crippen LogP contribution in [0.1, 0.15) is 24.9 Å². The molecule has 3 heteroatoms. The standard InChI is InChI=1S/C12H15F2N/c1-7-5-9(7)12(15-2)10-6-8(13)3-4-11(10)14/h3-4,6-7,9,12,15H,5H2,1-2H3. The SMILES string of the molecule is CNC(c1cc(F)ccc1F)C1CC1C. The third-order valence-corrected chi connectivity index (χ3v) is 3.20. The first kappa shape index (κ1) is 10.6. The van der Waals surface area contributed by atoms with E-state index in [2.05, 4.69) is 12.2 Å². The summed E-state index contributed by atoms with van der Waals surface area (Å²) in [5, 5.41) is 3.07. The third-order valence-electron chi connectivity index (χ3n) is 3.20. The van der Waals surface area contributed by atoms with Crippen molar-refractivity contribution in [2.24, 2.45) is 11.8 Å². The molecule has 0 spiro atoms. The molecular weight excluding hydrogens is 196 g/mol. The molecule has 0 amide bonds. The molecule has 3 atom stereocenters. The third kappa shape index (κ3) is 2.02. The zero-order valence-electron chi connectivity index (χ0n) is 8.93. The summed E-state index contributed by atoms with van der Waals surface area (Å²) in [5.74, 6) is 0.339. The normalized spacial score (nSPS) is 26.4. The summed E-state index contributed by atoms with van der Waals surface area (Å²) in [6.07, 6.45) is 1.08. The van der Waals surface area contributed by atoms with E-state index in [1.165, 1.54) is 12.1 Å². The van der Waals surface area contributed by atoms with Gasteiger partial charge in [-0.15, -0.1) is 0 Å². The van der Waals surface area contributed by atoms with E-state index < -0.39 is 0 Å². The Labute approximate surface area is 88.5 Å². The molecule has 82 valence electrons. The van der Waals surface area contributed by atoms with E-state index in [1.807, 2.05) is 0 Å². The molecule has 1 N–H and O–H groups in total. The number of hydrogen-bond donors (Lipinski definition) is 1. The molecule has 0 aliphatic heterocycles. The lowest BCUT2D eigenvalue weighted by atomic mass is 10.0. The minimum atomic E-state index is -0.375. The highest BCUT2D eigenvalue weighted by molar-refractivity contribution is 5.24. The van der Waals surface area contributed by atoms with E-state index in [9.17, 15) is 8.78 Å². The summed E-state index contributed by atoms with van der Waals surface area (Å²) in [6, 6.07) is 3.58. The van der Waals surface area contributed by atoms with Gasteiger partial charge in [0.15, 0.2) is 0 Å². The highest BCUT2D eigenvalue weighted by Crippen LogP contribution is 2.47. The van der Waals surface area contributed by atoms with Crippen molar-refractivity contribution < 1.29 is 8.78 Å². The van der Waals surface area contributed by atoms with Gasteiger partial charge in [-0.2, -0.15) is 0 Å². The summed E-state index contributed by atoms with van der Waals surface area (Å²) in [7, 11) is 1.79. The van der Waals surface area contributed by atoms with E-state index in [-0.39, 0.29) is 17.7 Å². The minimum absolute atomic E-state index is 0.0595. The Morgan fingerprint density at radius 2 is 2.07 bits per heavy atom. The van der Waals surface area contributed by atoms with Crippen LogP contribution in [0.5, 0.6) is 0 Å². The van der Waals surface area contributed by atoms with Crippen LogP contribution in [0.4, 0.5) is 8.78 Å². The van der Waals surface area contributed by atoms with Gasteiger partial charge in [0.2, 0.25) is 0 Å². The maximum absolute atomic E-state index is 13.5. The number of benzene rings is 1. The van der Waals surface area contributed by atoms with E-state index in [0.29, 0.717) is 17.4 Å². The van der Waals surface area contributed by atoms with E-state index in [4.69, 9.17) is 0 Å². The summed E-state index contributed by atoms with van der Waals surface area (Å²) in [4.78, 5) is 0. The molecule has 1 nitrogen and oxygen atoms in total. The maximum Gasteiger partial charge on any atom is 0.128 e. The number of rotatable bonds is 3. The van der Waals surface area contributed by atoms with Crippen LogP contribution in [0, 0.1) is 23.5 Å². The smallest absolute Gasteiger partial charge is 0.128 e. The van der Waals surface area contributed by atoms with Crippen molar-refractivity contribution in [1.82, 2.24) is 5.32 Å².